The molecule has 1 N–H and O–H groups in total. The molecule has 0 saturated carbocycles. The molecule has 2 atom stereocenters. The first-order chi connectivity index (χ1) is 6.42. The molecular weight excluding hydrogens is 194 g/mol. The van der Waals surface area contributed by atoms with Crippen LogP contribution in [0.25, 0.3) is 0 Å². The zero-order valence-corrected chi connectivity index (χ0v) is 10.4. The van der Waals surface area contributed by atoms with E-state index in [1.54, 1.807) is 0 Å². The molecule has 0 aromatic carbocycles. The summed E-state index contributed by atoms with van der Waals surface area (Å²) in [4.78, 5) is 0. The molecule has 0 amide bonds. The fourth-order valence-electron chi connectivity index (χ4n) is 2.03. The summed E-state index contributed by atoms with van der Waals surface area (Å²) in [5.41, 5.74) is 0.302. The van der Waals surface area contributed by atoms with Crippen LogP contribution in [-0.4, -0.2) is 35.8 Å². The third kappa shape index (κ3) is 1.82. The summed E-state index contributed by atoms with van der Waals surface area (Å²) >= 11 is 2.05. The summed E-state index contributed by atoms with van der Waals surface area (Å²) in [6.07, 6.45) is 0. The fraction of sp³-hybridized carbons (Fsp3) is 1.00. The van der Waals surface area contributed by atoms with Crippen LogP contribution in [0, 0.1) is 5.41 Å². The Balaban J connectivity index is 1.92. The minimum atomic E-state index is 0.302. The molecule has 0 radical (unpaired) electrons. The molecule has 2 rings (SSSR count). The quantitative estimate of drug-likeness (QED) is 0.760. The second-order valence-electron chi connectivity index (χ2n) is 5.69. The normalized spacial score (nSPS) is 39.4. The SMILES string of the molecule is CC1(C)COCC1NC1CSC1(C)C. The molecule has 0 aliphatic carbocycles. The maximum absolute atomic E-state index is 5.54. The van der Waals surface area contributed by atoms with E-state index in [-0.39, 0.29) is 0 Å². The number of hydrogen-bond acceptors (Lipinski definition) is 3. The van der Waals surface area contributed by atoms with E-state index < -0.39 is 0 Å². The van der Waals surface area contributed by atoms with Crippen LogP contribution in [0.1, 0.15) is 27.7 Å². The maximum atomic E-state index is 5.54. The molecule has 2 aliphatic rings. The number of hydrogen-bond donors (Lipinski definition) is 1. The van der Waals surface area contributed by atoms with Crippen LogP contribution in [0.2, 0.25) is 0 Å². The molecule has 0 aromatic rings. The predicted octanol–water partition coefficient (Wildman–Crippen LogP) is 1.89. The van der Waals surface area contributed by atoms with Gasteiger partial charge in [0.25, 0.3) is 0 Å². The monoisotopic (exact) mass is 215 g/mol. The Kier molecular flexibility index (Phi) is 2.61. The summed E-state index contributed by atoms with van der Waals surface area (Å²) in [6, 6.07) is 1.20. The van der Waals surface area contributed by atoms with E-state index >= 15 is 0 Å². The van der Waals surface area contributed by atoms with Gasteiger partial charge in [0, 0.05) is 28.0 Å². The first-order valence-electron chi connectivity index (χ1n) is 5.39. The Labute approximate surface area is 91.2 Å². The van der Waals surface area contributed by atoms with Gasteiger partial charge in [0.2, 0.25) is 0 Å². The minimum absolute atomic E-state index is 0.302. The van der Waals surface area contributed by atoms with Gasteiger partial charge in [-0.25, -0.2) is 0 Å². The van der Waals surface area contributed by atoms with Gasteiger partial charge in [-0.2, -0.15) is 11.8 Å². The Morgan fingerprint density at radius 3 is 2.29 bits per heavy atom. The highest BCUT2D eigenvalue weighted by molar-refractivity contribution is 8.02. The van der Waals surface area contributed by atoms with Gasteiger partial charge in [0.1, 0.15) is 0 Å². The highest BCUT2D eigenvalue weighted by Gasteiger charge is 2.44. The van der Waals surface area contributed by atoms with Crippen LogP contribution in [-0.2, 0) is 4.74 Å². The van der Waals surface area contributed by atoms with Gasteiger partial charge in [-0.1, -0.05) is 13.8 Å². The Bertz CT molecular complexity index is 227. The van der Waals surface area contributed by atoms with Crippen molar-refractivity contribution in [1.82, 2.24) is 5.32 Å². The van der Waals surface area contributed by atoms with Gasteiger partial charge in [-0.05, 0) is 13.8 Å². The van der Waals surface area contributed by atoms with E-state index in [0.29, 0.717) is 22.2 Å². The molecule has 82 valence electrons. The molecule has 2 unspecified atom stereocenters. The van der Waals surface area contributed by atoms with Crippen molar-refractivity contribution in [2.75, 3.05) is 19.0 Å². The third-order valence-electron chi connectivity index (χ3n) is 3.57. The van der Waals surface area contributed by atoms with Crippen molar-refractivity contribution in [1.29, 1.82) is 0 Å². The second kappa shape index (κ2) is 3.39. The number of thioether (sulfide) groups is 1. The van der Waals surface area contributed by atoms with Crippen LogP contribution in [0.4, 0.5) is 0 Å². The summed E-state index contributed by atoms with van der Waals surface area (Å²) < 4.78 is 5.96. The van der Waals surface area contributed by atoms with Crippen molar-refractivity contribution in [3.8, 4) is 0 Å². The van der Waals surface area contributed by atoms with Crippen molar-refractivity contribution in [3.05, 3.63) is 0 Å². The van der Waals surface area contributed by atoms with Crippen molar-refractivity contribution in [2.45, 2.75) is 44.5 Å². The Morgan fingerprint density at radius 1 is 1.21 bits per heavy atom. The van der Waals surface area contributed by atoms with Gasteiger partial charge >= 0.3 is 0 Å². The predicted molar refractivity (Wildman–Crippen MR) is 61.8 cm³/mol. The molecule has 0 aromatic heterocycles. The van der Waals surface area contributed by atoms with Crippen molar-refractivity contribution < 1.29 is 4.74 Å². The lowest BCUT2D eigenvalue weighted by atomic mass is 9.86. The smallest absolute Gasteiger partial charge is 0.0626 e. The highest BCUT2D eigenvalue weighted by atomic mass is 32.2. The zero-order valence-electron chi connectivity index (χ0n) is 9.59. The zero-order chi connectivity index (χ0) is 10.4. The van der Waals surface area contributed by atoms with E-state index in [4.69, 9.17) is 4.74 Å². The molecule has 14 heavy (non-hydrogen) atoms. The largest absolute Gasteiger partial charge is 0.379 e. The Morgan fingerprint density at radius 2 is 1.93 bits per heavy atom. The van der Waals surface area contributed by atoms with Gasteiger partial charge < -0.3 is 10.1 Å². The highest BCUT2D eigenvalue weighted by Crippen LogP contribution is 2.41. The average Bonchev–Trinajstić information content (AvgIpc) is 2.39. The molecule has 0 bridgehead atoms. The topological polar surface area (TPSA) is 21.3 Å². The molecule has 2 saturated heterocycles. The van der Waals surface area contributed by atoms with Crippen molar-refractivity contribution in [2.24, 2.45) is 5.41 Å². The van der Waals surface area contributed by atoms with Crippen LogP contribution in [0.15, 0.2) is 0 Å². The van der Waals surface area contributed by atoms with Crippen molar-refractivity contribution >= 4 is 11.8 Å². The number of nitrogens with one attached hydrogen (secondary N) is 1. The average molecular weight is 215 g/mol. The lowest BCUT2D eigenvalue weighted by Gasteiger charge is -2.46. The summed E-state index contributed by atoms with van der Waals surface area (Å²) in [5, 5.41) is 3.75. The third-order valence-corrected chi connectivity index (χ3v) is 5.09. The van der Waals surface area contributed by atoms with Gasteiger partial charge in [-0.15, -0.1) is 0 Å². The summed E-state index contributed by atoms with van der Waals surface area (Å²) in [7, 11) is 0. The van der Waals surface area contributed by atoms with E-state index in [1.165, 1.54) is 5.75 Å². The molecule has 0 spiro atoms. The molecule has 2 aliphatic heterocycles. The van der Waals surface area contributed by atoms with E-state index in [2.05, 4.69) is 44.8 Å². The van der Waals surface area contributed by atoms with E-state index in [0.717, 1.165) is 13.2 Å². The minimum Gasteiger partial charge on any atom is -0.379 e. The van der Waals surface area contributed by atoms with Crippen LogP contribution in [0.5, 0.6) is 0 Å². The molecule has 3 heteroatoms. The molecule has 2 nitrogen and oxygen atoms in total. The fourth-order valence-corrected chi connectivity index (χ4v) is 3.20. The van der Waals surface area contributed by atoms with Gasteiger partial charge in [-0.3, -0.25) is 0 Å². The van der Waals surface area contributed by atoms with Crippen LogP contribution < -0.4 is 5.32 Å². The van der Waals surface area contributed by atoms with Crippen molar-refractivity contribution in [3.63, 3.8) is 0 Å². The first kappa shape index (κ1) is 10.8. The van der Waals surface area contributed by atoms with Crippen LogP contribution >= 0.6 is 11.8 Å². The van der Waals surface area contributed by atoms with Gasteiger partial charge in [0.05, 0.1) is 13.2 Å². The number of ether oxygens (including phenoxy) is 1. The Hall–Kier alpha value is 0.270. The van der Waals surface area contributed by atoms with E-state index in [1.807, 2.05) is 0 Å². The number of rotatable bonds is 2. The lowest BCUT2D eigenvalue weighted by Crippen LogP contribution is -2.60. The first-order valence-corrected chi connectivity index (χ1v) is 6.38. The molecular formula is C11H21NOS. The van der Waals surface area contributed by atoms with Gasteiger partial charge in [0.15, 0.2) is 0 Å². The lowest BCUT2D eigenvalue weighted by molar-refractivity contribution is 0.166. The van der Waals surface area contributed by atoms with Crippen LogP contribution in [0.3, 0.4) is 0 Å². The molecule has 2 fully saturated rings. The second-order valence-corrected chi connectivity index (χ2v) is 7.36. The van der Waals surface area contributed by atoms with E-state index in [9.17, 15) is 0 Å². The summed E-state index contributed by atoms with van der Waals surface area (Å²) in [6.45, 7) is 11.0. The summed E-state index contributed by atoms with van der Waals surface area (Å²) in [5.74, 6) is 1.25. The standard InChI is InChI=1S/C11H21NOS/c1-10(2)7-13-5-8(10)12-9-6-14-11(9,3)4/h8-9,12H,5-7H2,1-4H3. The maximum Gasteiger partial charge on any atom is 0.0626 e. The molecule has 2 heterocycles.